The lowest BCUT2D eigenvalue weighted by Crippen LogP contribution is -2.38. The second-order valence-corrected chi connectivity index (χ2v) is 5.58. The Balaban J connectivity index is 0.00000400. The summed E-state index contributed by atoms with van der Waals surface area (Å²) in [5.74, 6) is 1.63. The van der Waals surface area contributed by atoms with Gasteiger partial charge in [-0.1, -0.05) is 13.8 Å². The third-order valence-electron chi connectivity index (χ3n) is 3.17. The molecule has 1 unspecified atom stereocenters. The molecule has 1 aliphatic heterocycles. The number of nitrogens with one attached hydrogen (secondary N) is 2. The molecule has 21 heavy (non-hydrogen) atoms. The van der Waals surface area contributed by atoms with Gasteiger partial charge >= 0.3 is 0 Å². The van der Waals surface area contributed by atoms with E-state index in [1.807, 2.05) is 0 Å². The van der Waals surface area contributed by atoms with Crippen LogP contribution in [0.5, 0.6) is 0 Å². The first kappa shape index (κ1) is 20.9. The highest BCUT2D eigenvalue weighted by Crippen LogP contribution is 2.08. The lowest BCUT2D eigenvalue weighted by molar-refractivity contribution is 0.0424. The van der Waals surface area contributed by atoms with E-state index in [4.69, 9.17) is 9.47 Å². The summed E-state index contributed by atoms with van der Waals surface area (Å²) in [5, 5.41) is 6.63. The van der Waals surface area contributed by atoms with Crippen molar-refractivity contribution in [2.45, 2.75) is 46.1 Å². The lowest BCUT2D eigenvalue weighted by atomic mass is 10.1. The second-order valence-electron chi connectivity index (χ2n) is 5.58. The molecule has 1 saturated heterocycles. The van der Waals surface area contributed by atoms with Crippen LogP contribution in [0.25, 0.3) is 0 Å². The smallest absolute Gasteiger partial charge is 0.191 e. The minimum absolute atomic E-state index is 0. The summed E-state index contributed by atoms with van der Waals surface area (Å²) in [6.07, 6.45) is 3.45. The standard InChI is InChI=1S/C15H31N3O2.HI/c1-4-16-15(18-9-6-13(2)3)17-8-5-10-20-14-7-11-19-12-14;/h13-14H,4-12H2,1-3H3,(H2,16,17,18);1H. The maximum Gasteiger partial charge on any atom is 0.191 e. The summed E-state index contributed by atoms with van der Waals surface area (Å²) in [5.41, 5.74) is 0. The predicted molar refractivity (Wildman–Crippen MR) is 98.6 cm³/mol. The number of rotatable bonds is 9. The fourth-order valence-electron chi connectivity index (χ4n) is 1.97. The topological polar surface area (TPSA) is 54.9 Å². The molecule has 6 heteroatoms. The fourth-order valence-corrected chi connectivity index (χ4v) is 1.97. The van der Waals surface area contributed by atoms with Gasteiger partial charge in [0.25, 0.3) is 0 Å². The minimum atomic E-state index is 0. The maximum absolute atomic E-state index is 5.72. The number of ether oxygens (including phenoxy) is 2. The Bertz CT molecular complexity index is 270. The Kier molecular flexibility index (Phi) is 13.5. The van der Waals surface area contributed by atoms with Gasteiger partial charge in [-0.05, 0) is 32.1 Å². The molecule has 0 aromatic rings. The normalized spacial score (nSPS) is 18.7. The summed E-state index contributed by atoms with van der Waals surface area (Å²) < 4.78 is 11.0. The molecule has 0 amide bonds. The van der Waals surface area contributed by atoms with Gasteiger partial charge in [-0.25, -0.2) is 0 Å². The molecule has 2 N–H and O–H groups in total. The molecule has 0 radical (unpaired) electrons. The highest BCUT2D eigenvalue weighted by atomic mass is 127. The van der Waals surface area contributed by atoms with Crippen LogP contribution in [-0.2, 0) is 9.47 Å². The van der Waals surface area contributed by atoms with Crippen molar-refractivity contribution < 1.29 is 9.47 Å². The van der Waals surface area contributed by atoms with Gasteiger partial charge in [0.1, 0.15) is 0 Å². The Morgan fingerprint density at radius 2 is 2.19 bits per heavy atom. The SMILES string of the molecule is CCNC(=NCCCOC1CCOC1)NCCC(C)C.I. The van der Waals surface area contributed by atoms with Crippen LogP contribution >= 0.6 is 24.0 Å². The third kappa shape index (κ3) is 11.2. The van der Waals surface area contributed by atoms with Crippen LogP contribution in [-0.4, -0.2) is 51.5 Å². The first-order chi connectivity index (χ1) is 9.72. The lowest BCUT2D eigenvalue weighted by Gasteiger charge is -2.12. The highest BCUT2D eigenvalue weighted by Gasteiger charge is 2.15. The van der Waals surface area contributed by atoms with Gasteiger partial charge in [-0.2, -0.15) is 0 Å². The van der Waals surface area contributed by atoms with E-state index in [-0.39, 0.29) is 24.0 Å². The molecule has 0 saturated carbocycles. The number of halogens is 1. The fraction of sp³-hybridized carbons (Fsp3) is 0.933. The molecule has 0 spiro atoms. The first-order valence-corrected chi connectivity index (χ1v) is 7.94. The van der Waals surface area contributed by atoms with Gasteiger partial charge in [0.2, 0.25) is 0 Å². The molecule has 1 heterocycles. The van der Waals surface area contributed by atoms with Crippen molar-refractivity contribution in [1.29, 1.82) is 0 Å². The minimum Gasteiger partial charge on any atom is -0.379 e. The van der Waals surface area contributed by atoms with E-state index in [9.17, 15) is 0 Å². The summed E-state index contributed by atoms with van der Waals surface area (Å²) in [6, 6.07) is 0. The zero-order valence-electron chi connectivity index (χ0n) is 13.7. The molecular formula is C15H32IN3O2. The van der Waals surface area contributed by atoms with Crippen molar-refractivity contribution in [3.05, 3.63) is 0 Å². The van der Waals surface area contributed by atoms with E-state index in [0.717, 1.165) is 64.7 Å². The Hall–Kier alpha value is -0.0800. The van der Waals surface area contributed by atoms with Crippen molar-refractivity contribution in [3.8, 4) is 0 Å². The predicted octanol–water partition coefficient (Wildman–Crippen LogP) is 2.40. The van der Waals surface area contributed by atoms with Crippen LogP contribution < -0.4 is 10.6 Å². The Morgan fingerprint density at radius 3 is 2.81 bits per heavy atom. The molecule has 1 aliphatic rings. The number of aliphatic imine (C=N–C) groups is 1. The molecule has 0 aromatic carbocycles. The molecule has 1 rings (SSSR count). The number of hydrogen-bond acceptors (Lipinski definition) is 3. The van der Waals surface area contributed by atoms with Crippen molar-refractivity contribution in [2.24, 2.45) is 10.9 Å². The first-order valence-electron chi connectivity index (χ1n) is 7.94. The summed E-state index contributed by atoms with van der Waals surface area (Å²) in [4.78, 5) is 4.56. The third-order valence-corrected chi connectivity index (χ3v) is 3.17. The van der Waals surface area contributed by atoms with Crippen LogP contribution in [0.1, 0.15) is 40.0 Å². The van der Waals surface area contributed by atoms with Gasteiger partial charge < -0.3 is 20.1 Å². The van der Waals surface area contributed by atoms with E-state index in [1.54, 1.807) is 0 Å². The quantitative estimate of drug-likeness (QED) is 0.264. The van der Waals surface area contributed by atoms with Crippen LogP contribution in [0.15, 0.2) is 4.99 Å². The average molecular weight is 413 g/mol. The van der Waals surface area contributed by atoms with Gasteiger partial charge in [-0.3, -0.25) is 4.99 Å². The van der Waals surface area contributed by atoms with E-state index in [1.165, 1.54) is 0 Å². The summed E-state index contributed by atoms with van der Waals surface area (Å²) in [6.45, 7) is 11.6. The van der Waals surface area contributed by atoms with Crippen LogP contribution in [0.4, 0.5) is 0 Å². The number of hydrogen-bond donors (Lipinski definition) is 2. The number of nitrogens with zero attached hydrogens (tertiary/aromatic N) is 1. The molecular weight excluding hydrogens is 381 g/mol. The van der Waals surface area contributed by atoms with Gasteiger partial charge in [0.05, 0.1) is 12.7 Å². The van der Waals surface area contributed by atoms with Crippen LogP contribution in [0.2, 0.25) is 0 Å². The average Bonchev–Trinajstić information content (AvgIpc) is 2.91. The van der Waals surface area contributed by atoms with E-state index >= 15 is 0 Å². The summed E-state index contributed by atoms with van der Waals surface area (Å²) in [7, 11) is 0. The van der Waals surface area contributed by atoms with Crippen LogP contribution in [0, 0.1) is 5.92 Å². The van der Waals surface area contributed by atoms with E-state index in [2.05, 4.69) is 36.4 Å². The Morgan fingerprint density at radius 1 is 1.38 bits per heavy atom. The van der Waals surface area contributed by atoms with Crippen molar-refractivity contribution in [2.75, 3.05) is 39.5 Å². The maximum atomic E-state index is 5.72. The summed E-state index contributed by atoms with van der Waals surface area (Å²) >= 11 is 0. The van der Waals surface area contributed by atoms with E-state index < -0.39 is 0 Å². The molecule has 1 atom stereocenters. The zero-order valence-corrected chi connectivity index (χ0v) is 16.0. The van der Waals surface area contributed by atoms with Gasteiger partial charge in [-0.15, -0.1) is 24.0 Å². The zero-order chi connectivity index (χ0) is 14.6. The van der Waals surface area contributed by atoms with Crippen molar-refractivity contribution >= 4 is 29.9 Å². The largest absolute Gasteiger partial charge is 0.379 e. The molecule has 0 aromatic heterocycles. The monoisotopic (exact) mass is 413 g/mol. The van der Waals surface area contributed by atoms with E-state index in [0.29, 0.717) is 12.0 Å². The van der Waals surface area contributed by atoms with Crippen molar-refractivity contribution in [1.82, 2.24) is 10.6 Å². The molecule has 5 nitrogen and oxygen atoms in total. The molecule has 126 valence electrons. The Labute approximate surface area is 146 Å². The molecule has 1 fully saturated rings. The van der Waals surface area contributed by atoms with Gasteiger partial charge in [0, 0.05) is 32.8 Å². The van der Waals surface area contributed by atoms with Crippen LogP contribution in [0.3, 0.4) is 0 Å². The molecule has 0 bridgehead atoms. The second kappa shape index (κ2) is 13.6. The molecule has 0 aliphatic carbocycles. The highest BCUT2D eigenvalue weighted by molar-refractivity contribution is 14.0. The number of guanidine groups is 1. The van der Waals surface area contributed by atoms with Crippen molar-refractivity contribution in [3.63, 3.8) is 0 Å². The van der Waals surface area contributed by atoms with Gasteiger partial charge in [0.15, 0.2) is 5.96 Å².